The van der Waals surface area contributed by atoms with Gasteiger partial charge in [-0.25, -0.2) is 0 Å². The molecule has 0 aliphatic carbocycles. The Morgan fingerprint density at radius 2 is 1.73 bits per heavy atom. The Bertz CT molecular complexity index is 510. The molecule has 0 aromatic heterocycles. The summed E-state index contributed by atoms with van der Waals surface area (Å²) in [6.07, 6.45) is 0. The molecule has 15 heavy (non-hydrogen) atoms. The van der Waals surface area contributed by atoms with Crippen molar-refractivity contribution in [1.82, 2.24) is 0 Å². The SMILES string of the molecule is N#Cc1ccc(N)c(-c2ccccc2)c1. The second kappa shape index (κ2) is 3.85. The Labute approximate surface area is 88.6 Å². The van der Waals surface area contributed by atoms with Gasteiger partial charge in [-0.05, 0) is 23.8 Å². The van der Waals surface area contributed by atoms with Gasteiger partial charge >= 0.3 is 0 Å². The van der Waals surface area contributed by atoms with Gasteiger partial charge in [0.2, 0.25) is 0 Å². The largest absolute Gasteiger partial charge is 0.398 e. The van der Waals surface area contributed by atoms with Crippen molar-refractivity contribution < 1.29 is 0 Å². The van der Waals surface area contributed by atoms with Crippen LogP contribution >= 0.6 is 0 Å². The summed E-state index contributed by atoms with van der Waals surface area (Å²) in [5.41, 5.74) is 9.14. The highest BCUT2D eigenvalue weighted by Crippen LogP contribution is 2.26. The molecule has 2 N–H and O–H groups in total. The maximum absolute atomic E-state index is 8.81. The molecule has 2 aromatic rings. The van der Waals surface area contributed by atoms with Crippen LogP contribution < -0.4 is 5.73 Å². The molecule has 0 radical (unpaired) electrons. The zero-order chi connectivity index (χ0) is 10.7. The lowest BCUT2D eigenvalue weighted by molar-refractivity contribution is 1.48. The summed E-state index contributed by atoms with van der Waals surface area (Å²) < 4.78 is 0. The Kier molecular flexibility index (Phi) is 2.38. The van der Waals surface area contributed by atoms with E-state index in [4.69, 9.17) is 11.0 Å². The molecule has 0 aliphatic rings. The molecular weight excluding hydrogens is 184 g/mol. The molecule has 2 aromatic carbocycles. The summed E-state index contributed by atoms with van der Waals surface area (Å²) >= 11 is 0. The third-order valence-corrected chi connectivity index (χ3v) is 2.27. The Morgan fingerprint density at radius 3 is 2.40 bits per heavy atom. The average Bonchev–Trinajstić information content (AvgIpc) is 2.31. The lowest BCUT2D eigenvalue weighted by Gasteiger charge is -2.05. The summed E-state index contributed by atoms with van der Waals surface area (Å²) in [6.45, 7) is 0. The van der Waals surface area contributed by atoms with Gasteiger partial charge in [0.25, 0.3) is 0 Å². The van der Waals surface area contributed by atoms with Crippen molar-refractivity contribution in [2.24, 2.45) is 0 Å². The number of nitrogens with zero attached hydrogens (tertiary/aromatic N) is 1. The molecule has 0 heterocycles. The molecule has 2 rings (SSSR count). The van der Waals surface area contributed by atoms with E-state index in [0.717, 1.165) is 11.1 Å². The van der Waals surface area contributed by atoms with Gasteiger partial charge in [-0.3, -0.25) is 0 Å². The summed E-state index contributed by atoms with van der Waals surface area (Å²) in [5, 5.41) is 8.81. The van der Waals surface area contributed by atoms with Crippen LogP contribution in [0.25, 0.3) is 11.1 Å². The molecule has 0 amide bonds. The maximum Gasteiger partial charge on any atom is 0.0991 e. The number of nitrogen functional groups attached to an aromatic ring is 1. The molecule has 72 valence electrons. The molecule has 0 atom stereocenters. The fourth-order valence-corrected chi connectivity index (χ4v) is 1.49. The summed E-state index contributed by atoms with van der Waals surface area (Å²) in [4.78, 5) is 0. The molecule has 0 bridgehead atoms. The highest BCUT2D eigenvalue weighted by molar-refractivity contribution is 5.77. The molecule has 0 spiro atoms. The van der Waals surface area contributed by atoms with Gasteiger partial charge in [0.15, 0.2) is 0 Å². The van der Waals surface area contributed by atoms with E-state index in [9.17, 15) is 0 Å². The zero-order valence-corrected chi connectivity index (χ0v) is 8.14. The fourth-order valence-electron chi connectivity index (χ4n) is 1.49. The van der Waals surface area contributed by atoms with E-state index in [2.05, 4.69) is 6.07 Å². The number of anilines is 1. The first-order valence-electron chi connectivity index (χ1n) is 4.66. The van der Waals surface area contributed by atoms with Crippen LogP contribution in [0.4, 0.5) is 5.69 Å². The number of benzene rings is 2. The van der Waals surface area contributed by atoms with Gasteiger partial charge in [0.1, 0.15) is 0 Å². The minimum absolute atomic E-state index is 0.628. The van der Waals surface area contributed by atoms with E-state index in [0.29, 0.717) is 11.3 Å². The first-order valence-corrected chi connectivity index (χ1v) is 4.66. The van der Waals surface area contributed by atoms with E-state index in [-0.39, 0.29) is 0 Å². The quantitative estimate of drug-likeness (QED) is 0.709. The van der Waals surface area contributed by atoms with Crippen molar-refractivity contribution >= 4 is 5.69 Å². The van der Waals surface area contributed by atoms with Crippen molar-refractivity contribution in [3.8, 4) is 17.2 Å². The minimum atomic E-state index is 0.628. The van der Waals surface area contributed by atoms with Gasteiger partial charge < -0.3 is 5.73 Å². The molecule has 0 saturated carbocycles. The van der Waals surface area contributed by atoms with E-state index in [1.54, 1.807) is 12.1 Å². The molecular formula is C13H10N2. The normalized spacial score (nSPS) is 9.53. The number of nitriles is 1. The predicted octanol–water partition coefficient (Wildman–Crippen LogP) is 2.81. The molecule has 2 heteroatoms. The van der Waals surface area contributed by atoms with E-state index >= 15 is 0 Å². The highest BCUT2D eigenvalue weighted by atomic mass is 14.6. The first-order chi connectivity index (χ1) is 7.31. The molecule has 0 aliphatic heterocycles. The summed E-state index contributed by atoms with van der Waals surface area (Å²) in [5.74, 6) is 0. The van der Waals surface area contributed by atoms with Crippen LogP contribution in [0.1, 0.15) is 5.56 Å². The number of hydrogen-bond donors (Lipinski definition) is 1. The molecule has 2 nitrogen and oxygen atoms in total. The van der Waals surface area contributed by atoms with Gasteiger partial charge in [0, 0.05) is 11.3 Å². The lowest BCUT2D eigenvalue weighted by Crippen LogP contribution is -1.90. The lowest BCUT2D eigenvalue weighted by atomic mass is 10.0. The highest BCUT2D eigenvalue weighted by Gasteiger charge is 2.02. The Morgan fingerprint density at radius 1 is 1.00 bits per heavy atom. The van der Waals surface area contributed by atoms with E-state index in [1.165, 1.54) is 0 Å². The van der Waals surface area contributed by atoms with Crippen LogP contribution in [0, 0.1) is 11.3 Å². The second-order valence-electron chi connectivity index (χ2n) is 3.28. The third kappa shape index (κ3) is 1.82. The minimum Gasteiger partial charge on any atom is -0.398 e. The van der Waals surface area contributed by atoms with Crippen LogP contribution in [-0.4, -0.2) is 0 Å². The molecule has 0 saturated heterocycles. The van der Waals surface area contributed by atoms with Crippen LogP contribution in [0.5, 0.6) is 0 Å². The zero-order valence-electron chi connectivity index (χ0n) is 8.14. The topological polar surface area (TPSA) is 49.8 Å². The van der Waals surface area contributed by atoms with Gasteiger partial charge in [-0.2, -0.15) is 5.26 Å². The van der Waals surface area contributed by atoms with E-state index < -0.39 is 0 Å². The van der Waals surface area contributed by atoms with Crippen molar-refractivity contribution in [3.63, 3.8) is 0 Å². The van der Waals surface area contributed by atoms with Crippen molar-refractivity contribution in [2.75, 3.05) is 5.73 Å². The predicted molar refractivity (Wildman–Crippen MR) is 61.0 cm³/mol. The third-order valence-electron chi connectivity index (χ3n) is 2.27. The van der Waals surface area contributed by atoms with Crippen molar-refractivity contribution in [2.45, 2.75) is 0 Å². The van der Waals surface area contributed by atoms with Crippen molar-refractivity contribution in [3.05, 3.63) is 54.1 Å². The summed E-state index contributed by atoms with van der Waals surface area (Å²) in [7, 11) is 0. The fraction of sp³-hybridized carbons (Fsp3) is 0. The average molecular weight is 194 g/mol. The molecule has 0 unspecified atom stereocenters. The smallest absolute Gasteiger partial charge is 0.0991 e. The number of hydrogen-bond acceptors (Lipinski definition) is 2. The second-order valence-corrected chi connectivity index (χ2v) is 3.28. The van der Waals surface area contributed by atoms with Crippen LogP contribution in [0.15, 0.2) is 48.5 Å². The molecule has 0 fully saturated rings. The number of nitrogens with two attached hydrogens (primary N) is 1. The van der Waals surface area contributed by atoms with Gasteiger partial charge in [-0.15, -0.1) is 0 Å². The van der Waals surface area contributed by atoms with Gasteiger partial charge in [0.05, 0.1) is 11.6 Å². The monoisotopic (exact) mass is 194 g/mol. The van der Waals surface area contributed by atoms with E-state index in [1.807, 2.05) is 36.4 Å². The Balaban J connectivity index is 2.58. The Hall–Kier alpha value is -2.27. The summed E-state index contributed by atoms with van der Waals surface area (Å²) in [6, 6.07) is 17.2. The van der Waals surface area contributed by atoms with Crippen molar-refractivity contribution in [1.29, 1.82) is 5.26 Å². The van der Waals surface area contributed by atoms with Crippen LogP contribution in [0.2, 0.25) is 0 Å². The van der Waals surface area contributed by atoms with Crippen LogP contribution in [-0.2, 0) is 0 Å². The van der Waals surface area contributed by atoms with Gasteiger partial charge in [-0.1, -0.05) is 30.3 Å². The maximum atomic E-state index is 8.81. The van der Waals surface area contributed by atoms with Crippen LogP contribution in [0.3, 0.4) is 0 Å². The number of rotatable bonds is 1. The first kappa shape index (κ1) is 9.29. The standard InChI is InChI=1S/C13H10N2/c14-9-10-6-7-13(15)12(8-10)11-4-2-1-3-5-11/h1-8H,15H2.